The van der Waals surface area contributed by atoms with Gasteiger partial charge in [0.1, 0.15) is 5.75 Å². The van der Waals surface area contributed by atoms with Crippen LogP contribution >= 0.6 is 11.8 Å². The van der Waals surface area contributed by atoms with Gasteiger partial charge in [0.15, 0.2) is 5.17 Å². The maximum atomic E-state index is 12.8. The minimum atomic E-state index is -4.42. The third-order valence-corrected chi connectivity index (χ3v) is 5.09. The van der Waals surface area contributed by atoms with Gasteiger partial charge in [-0.25, -0.2) is 0 Å². The highest BCUT2D eigenvalue weighted by atomic mass is 32.2. The van der Waals surface area contributed by atoms with E-state index >= 15 is 0 Å². The van der Waals surface area contributed by atoms with Gasteiger partial charge in [-0.15, -0.1) is 5.10 Å². The summed E-state index contributed by atoms with van der Waals surface area (Å²) in [4.78, 5) is 12.1. The van der Waals surface area contributed by atoms with Gasteiger partial charge in [0.05, 0.1) is 23.6 Å². The summed E-state index contributed by atoms with van der Waals surface area (Å²) in [5.41, 5.74) is 0.446. The maximum Gasteiger partial charge on any atom is 0.416 e. The molecule has 1 atom stereocenters. The summed E-state index contributed by atoms with van der Waals surface area (Å²) >= 11 is 1.14. The molecule has 9 heteroatoms. The quantitative estimate of drug-likeness (QED) is 0.560. The Hall–Kier alpha value is -2.81. The summed E-state index contributed by atoms with van der Waals surface area (Å²) in [6.07, 6.45) is -2.73. The number of carbonyl (C=O) groups is 1. The number of para-hydroxylation sites is 1. The number of amidine groups is 1. The maximum absolute atomic E-state index is 12.8. The number of alkyl halides is 3. The number of rotatable bonds is 6. The summed E-state index contributed by atoms with van der Waals surface area (Å²) in [5.74, 6) is 0.362. The topological polar surface area (TPSA) is 63.1 Å². The van der Waals surface area contributed by atoms with E-state index < -0.39 is 17.0 Å². The van der Waals surface area contributed by atoms with Crippen molar-refractivity contribution in [3.05, 3.63) is 65.2 Å². The molecule has 1 amide bonds. The van der Waals surface area contributed by atoms with Gasteiger partial charge < -0.3 is 10.1 Å². The average molecular weight is 421 g/mol. The molecule has 0 spiro atoms. The summed E-state index contributed by atoms with van der Waals surface area (Å²) < 4.78 is 44.0. The molecule has 3 rings (SSSR count). The number of nitrogens with one attached hydrogen (secondary N) is 1. The van der Waals surface area contributed by atoms with Crippen LogP contribution in [0.5, 0.6) is 5.75 Å². The number of hydrogen-bond donors (Lipinski definition) is 1. The van der Waals surface area contributed by atoms with Crippen molar-refractivity contribution in [3.8, 4) is 5.75 Å². The first-order valence-electron chi connectivity index (χ1n) is 8.83. The number of carbonyl (C=O) groups excluding carboxylic acids is 1. The van der Waals surface area contributed by atoms with E-state index in [0.29, 0.717) is 23.1 Å². The van der Waals surface area contributed by atoms with E-state index in [1.807, 2.05) is 31.2 Å². The molecule has 5 nitrogen and oxygen atoms in total. The molecule has 1 saturated heterocycles. The van der Waals surface area contributed by atoms with Crippen molar-refractivity contribution in [2.75, 3.05) is 6.61 Å². The Labute approximate surface area is 170 Å². The Morgan fingerprint density at radius 2 is 2.00 bits per heavy atom. The van der Waals surface area contributed by atoms with Crippen LogP contribution in [0.3, 0.4) is 0 Å². The van der Waals surface area contributed by atoms with Gasteiger partial charge in [0.2, 0.25) is 5.91 Å². The smallest absolute Gasteiger partial charge is 0.416 e. The fourth-order valence-corrected chi connectivity index (χ4v) is 3.66. The van der Waals surface area contributed by atoms with Crippen LogP contribution < -0.4 is 10.1 Å². The first-order chi connectivity index (χ1) is 13.9. The second kappa shape index (κ2) is 9.13. The number of thioether (sulfide) groups is 1. The van der Waals surface area contributed by atoms with Gasteiger partial charge in [0.25, 0.3) is 0 Å². The van der Waals surface area contributed by atoms with Gasteiger partial charge in [-0.1, -0.05) is 42.1 Å². The van der Waals surface area contributed by atoms with Crippen molar-refractivity contribution >= 4 is 29.1 Å². The Bertz CT molecular complexity index is 945. The van der Waals surface area contributed by atoms with Crippen LogP contribution in [0.25, 0.3) is 0 Å². The highest BCUT2D eigenvalue weighted by molar-refractivity contribution is 8.15. The minimum absolute atomic E-state index is 0.163. The Morgan fingerprint density at radius 1 is 1.21 bits per heavy atom. The van der Waals surface area contributed by atoms with E-state index in [-0.39, 0.29) is 12.3 Å². The standard InChI is InChI=1S/C20H18F3N3O2S/c1-2-28-16-9-4-3-7-14(16)12-24-26-19-25-18(27)17(29-19)11-13-6-5-8-15(10-13)20(21,22)23/h3-10,12,17H,2,11H2,1H3,(H,25,26,27)/b24-12+. The fourth-order valence-electron chi connectivity index (χ4n) is 2.69. The van der Waals surface area contributed by atoms with Crippen molar-refractivity contribution in [2.24, 2.45) is 10.2 Å². The van der Waals surface area contributed by atoms with E-state index in [0.717, 1.165) is 29.5 Å². The van der Waals surface area contributed by atoms with E-state index in [2.05, 4.69) is 15.5 Å². The molecule has 1 aliphatic heterocycles. The van der Waals surface area contributed by atoms with Gasteiger partial charge in [-0.3, -0.25) is 4.79 Å². The largest absolute Gasteiger partial charge is 0.493 e. The molecule has 0 bridgehead atoms. The lowest BCUT2D eigenvalue weighted by Gasteiger charge is -2.10. The highest BCUT2D eigenvalue weighted by Crippen LogP contribution is 2.31. The molecular weight excluding hydrogens is 403 g/mol. The van der Waals surface area contributed by atoms with Crippen LogP contribution in [0.2, 0.25) is 0 Å². The van der Waals surface area contributed by atoms with Crippen LogP contribution in [0.15, 0.2) is 58.7 Å². The highest BCUT2D eigenvalue weighted by Gasteiger charge is 2.33. The van der Waals surface area contributed by atoms with E-state index in [4.69, 9.17) is 4.74 Å². The first-order valence-corrected chi connectivity index (χ1v) is 9.71. The first kappa shape index (κ1) is 20.9. The average Bonchev–Trinajstić information content (AvgIpc) is 3.02. The summed E-state index contributed by atoms with van der Waals surface area (Å²) in [5, 5.41) is 10.3. The fraction of sp³-hybridized carbons (Fsp3) is 0.250. The van der Waals surface area contributed by atoms with Crippen LogP contribution in [-0.4, -0.2) is 29.1 Å². The molecule has 1 fully saturated rings. The van der Waals surface area contributed by atoms with Gasteiger partial charge >= 0.3 is 6.18 Å². The van der Waals surface area contributed by atoms with Crippen molar-refractivity contribution in [3.63, 3.8) is 0 Å². The SMILES string of the molecule is CCOc1ccccc1/C=N/N=C1\NC(=O)C(Cc2cccc(C(F)(F)F)c2)S1. The third-order valence-electron chi connectivity index (χ3n) is 4.02. The van der Waals surface area contributed by atoms with Gasteiger partial charge in [-0.2, -0.15) is 18.3 Å². The summed E-state index contributed by atoms with van der Waals surface area (Å²) in [7, 11) is 0. The molecular formula is C20H18F3N3O2S. The van der Waals surface area contributed by atoms with E-state index in [1.165, 1.54) is 12.3 Å². The minimum Gasteiger partial charge on any atom is -0.493 e. The lowest BCUT2D eigenvalue weighted by atomic mass is 10.1. The van der Waals surface area contributed by atoms with Crippen molar-refractivity contribution in [2.45, 2.75) is 24.8 Å². The number of benzene rings is 2. The van der Waals surface area contributed by atoms with Crippen LogP contribution in [0.1, 0.15) is 23.6 Å². The monoisotopic (exact) mass is 421 g/mol. The Balaban J connectivity index is 1.66. The molecule has 2 aromatic carbocycles. The predicted octanol–water partition coefficient (Wildman–Crippen LogP) is 4.27. The van der Waals surface area contributed by atoms with E-state index in [9.17, 15) is 18.0 Å². The summed E-state index contributed by atoms with van der Waals surface area (Å²) in [6.45, 7) is 2.39. The van der Waals surface area contributed by atoms with Crippen molar-refractivity contribution in [1.29, 1.82) is 0 Å². The molecule has 1 aliphatic rings. The second-order valence-corrected chi connectivity index (χ2v) is 7.31. The van der Waals surface area contributed by atoms with Crippen molar-refractivity contribution < 1.29 is 22.7 Å². The molecule has 1 N–H and O–H groups in total. The Morgan fingerprint density at radius 3 is 2.76 bits per heavy atom. The lowest BCUT2D eigenvalue weighted by molar-refractivity contribution is -0.137. The molecule has 0 aromatic heterocycles. The number of amides is 1. The van der Waals surface area contributed by atoms with Gasteiger partial charge in [0, 0.05) is 5.56 Å². The molecule has 152 valence electrons. The van der Waals surface area contributed by atoms with Crippen molar-refractivity contribution in [1.82, 2.24) is 5.32 Å². The van der Waals surface area contributed by atoms with Crippen LogP contribution in [0.4, 0.5) is 13.2 Å². The normalized spacial score (nSPS) is 18.4. The zero-order valence-corrected chi connectivity index (χ0v) is 16.3. The van der Waals surface area contributed by atoms with E-state index in [1.54, 1.807) is 6.07 Å². The molecule has 0 radical (unpaired) electrons. The summed E-state index contributed by atoms with van der Waals surface area (Å²) in [6, 6.07) is 12.3. The Kier molecular flexibility index (Phi) is 6.58. The number of hydrogen-bond acceptors (Lipinski definition) is 5. The number of nitrogens with zero attached hydrogens (tertiary/aromatic N) is 2. The molecule has 2 aromatic rings. The predicted molar refractivity (Wildman–Crippen MR) is 107 cm³/mol. The zero-order valence-electron chi connectivity index (χ0n) is 15.4. The molecule has 0 aliphatic carbocycles. The van der Waals surface area contributed by atoms with Crippen LogP contribution in [-0.2, 0) is 17.4 Å². The van der Waals surface area contributed by atoms with Crippen LogP contribution in [0, 0.1) is 0 Å². The zero-order chi connectivity index (χ0) is 20.9. The molecule has 1 heterocycles. The molecule has 1 unspecified atom stereocenters. The third kappa shape index (κ3) is 5.60. The number of ether oxygens (including phenoxy) is 1. The second-order valence-electron chi connectivity index (χ2n) is 6.12. The molecule has 0 saturated carbocycles. The lowest BCUT2D eigenvalue weighted by Crippen LogP contribution is -2.26. The molecule has 29 heavy (non-hydrogen) atoms. The van der Waals surface area contributed by atoms with Gasteiger partial charge in [-0.05, 0) is 37.1 Å². The number of halogens is 3.